The zero-order chi connectivity index (χ0) is 18.0. The van der Waals surface area contributed by atoms with Gasteiger partial charge in [-0.1, -0.05) is 84.5 Å². The van der Waals surface area contributed by atoms with E-state index in [4.69, 9.17) is 14.9 Å². The van der Waals surface area contributed by atoms with Crippen LogP contribution in [-0.4, -0.2) is 35.5 Å². The molecule has 0 fully saturated rings. The number of rotatable bonds is 17. The zero-order valence-electron chi connectivity index (χ0n) is 16.0. The average molecular weight is 345 g/mol. The molecule has 0 aromatic heterocycles. The van der Waals surface area contributed by atoms with Crippen molar-refractivity contribution in [3.8, 4) is 0 Å². The summed E-state index contributed by atoms with van der Waals surface area (Å²) in [6, 6.07) is 0. The molecule has 24 heavy (non-hydrogen) atoms. The number of hydrogen-bond donors (Lipinski definition) is 2. The molecule has 144 valence electrons. The third-order valence-corrected chi connectivity index (χ3v) is 4.31. The summed E-state index contributed by atoms with van der Waals surface area (Å²) in [6.45, 7) is 4.12. The first-order chi connectivity index (χ1) is 11.6. The van der Waals surface area contributed by atoms with Gasteiger partial charge in [0, 0.05) is 6.42 Å². The normalized spacial score (nSPS) is 12.5. The summed E-state index contributed by atoms with van der Waals surface area (Å²) >= 11 is 0. The molecule has 0 saturated heterocycles. The van der Waals surface area contributed by atoms with Crippen LogP contribution < -0.4 is 0 Å². The maximum Gasteiger partial charge on any atom is 0.305 e. The highest BCUT2D eigenvalue weighted by Crippen LogP contribution is 2.14. The summed E-state index contributed by atoms with van der Waals surface area (Å²) in [5.74, 6) is 0.568. The lowest BCUT2D eigenvalue weighted by molar-refractivity contribution is -0.147. The van der Waals surface area contributed by atoms with E-state index < -0.39 is 6.10 Å². The number of esters is 1. The Morgan fingerprint density at radius 1 is 0.833 bits per heavy atom. The second-order valence-corrected chi connectivity index (χ2v) is 7.34. The first kappa shape index (κ1) is 23.4. The second-order valence-electron chi connectivity index (χ2n) is 7.34. The van der Waals surface area contributed by atoms with Crippen LogP contribution in [0.2, 0.25) is 0 Å². The van der Waals surface area contributed by atoms with E-state index >= 15 is 0 Å². The monoisotopic (exact) mass is 344 g/mol. The Balaban J connectivity index is 3.16. The lowest BCUT2D eigenvalue weighted by atomic mass is 10.0. The predicted octanol–water partition coefficient (Wildman–Crippen LogP) is 4.61. The predicted molar refractivity (Wildman–Crippen MR) is 98.9 cm³/mol. The minimum absolute atomic E-state index is 0.104. The van der Waals surface area contributed by atoms with E-state index in [0.717, 1.165) is 18.8 Å². The molecule has 0 aliphatic carbocycles. The van der Waals surface area contributed by atoms with Crippen molar-refractivity contribution >= 4 is 5.97 Å². The van der Waals surface area contributed by atoms with Crippen molar-refractivity contribution in [1.29, 1.82) is 0 Å². The van der Waals surface area contributed by atoms with Crippen molar-refractivity contribution in [3.63, 3.8) is 0 Å². The number of unbranched alkanes of at least 4 members (excludes halogenated alkanes) is 10. The van der Waals surface area contributed by atoms with Crippen molar-refractivity contribution in [3.05, 3.63) is 0 Å². The van der Waals surface area contributed by atoms with Crippen LogP contribution in [0.15, 0.2) is 0 Å². The Morgan fingerprint density at radius 2 is 1.29 bits per heavy atom. The van der Waals surface area contributed by atoms with Gasteiger partial charge in [0.15, 0.2) is 0 Å². The van der Waals surface area contributed by atoms with Crippen LogP contribution in [0.1, 0.15) is 97.3 Å². The van der Waals surface area contributed by atoms with Crippen molar-refractivity contribution < 1.29 is 19.7 Å². The van der Waals surface area contributed by atoms with Gasteiger partial charge in [0.05, 0.1) is 6.61 Å². The SMILES string of the molecule is CC(C)CCCCCCCCCCCCCC(=O)OC[C@@H](O)CO. The summed E-state index contributed by atoms with van der Waals surface area (Å²) < 4.78 is 4.86. The summed E-state index contributed by atoms with van der Waals surface area (Å²) in [7, 11) is 0. The van der Waals surface area contributed by atoms with Crippen LogP contribution in [0, 0.1) is 5.92 Å². The molecule has 0 saturated carbocycles. The molecule has 0 rings (SSSR count). The number of carbonyl (C=O) groups is 1. The first-order valence-electron chi connectivity index (χ1n) is 10.0. The molecule has 2 N–H and O–H groups in total. The molecular formula is C20H40O4. The minimum atomic E-state index is -0.954. The van der Waals surface area contributed by atoms with E-state index in [1.165, 1.54) is 64.2 Å². The molecule has 0 amide bonds. The van der Waals surface area contributed by atoms with Gasteiger partial charge in [-0.25, -0.2) is 0 Å². The fourth-order valence-corrected chi connectivity index (χ4v) is 2.73. The fraction of sp³-hybridized carbons (Fsp3) is 0.950. The number of aliphatic hydroxyl groups is 2. The second kappa shape index (κ2) is 17.2. The summed E-state index contributed by atoms with van der Waals surface area (Å²) in [5.41, 5.74) is 0. The molecule has 4 nitrogen and oxygen atoms in total. The molecular weight excluding hydrogens is 304 g/mol. The van der Waals surface area contributed by atoms with Crippen LogP contribution in [0.5, 0.6) is 0 Å². The molecule has 0 aromatic rings. The van der Waals surface area contributed by atoms with Crippen LogP contribution >= 0.6 is 0 Å². The number of hydrogen-bond acceptors (Lipinski definition) is 4. The van der Waals surface area contributed by atoms with E-state index in [1.54, 1.807) is 0 Å². The standard InChI is InChI=1S/C20H40O4/c1-18(2)14-12-10-8-6-4-3-5-7-9-11-13-15-20(23)24-17-19(22)16-21/h18-19,21-22H,3-17H2,1-2H3/t19-/m0/s1. The third-order valence-electron chi connectivity index (χ3n) is 4.31. The van der Waals surface area contributed by atoms with Crippen molar-refractivity contribution in [2.75, 3.05) is 13.2 Å². The van der Waals surface area contributed by atoms with Gasteiger partial charge in [0.25, 0.3) is 0 Å². The van der Waals surface area contributed by atoms with E-state index in [0.29, 0.717) is 6.42 Å². The maximum absolute atomic E-state index is 11.4. The zero-order valence-corrected chi connectivity index (χ0v) is 16.0. The lowest BCUT2D eigenvalue weighted by Gasteiger charge is -2.08. The van der Waals surface area contributed by atoms with Crippen LogP contribution in [0.25, 0.3) is 0 Å². The fourth-order valence-electron chi connectivity index (χ4n) is 2.73. The molecule has 0 aliphatic rings. The summed E-state index contributed by atoms with van der Waals surface area (Å²) in [5, 5.41) is 17.7. The maximum atomic E-state index is 11.4. The molecule has 0 aliphatic heterocycles. The minimum Gasteiger partial charge on any atom is -0.463 e. The third kappa shape index (κ3) is 17.7. The van der Waals surface area contributed by atoms with Gasteiger partial charge in [-0.3, -0.25) is 4.79 Å². The van der Waals surface area contributed by atoms with Gasteiger partial charge in [-0.15, -0.1) is 0 Å². The van der Waals surface area contributed by atoms with Gasteiger partial charge in [0.2, 0.25) is 0 Å². The topological polar surface area (TPSA) is 66.8 Å². The van der Waals surface area contributed by atoms with Gasteiger partial charge in [-0.2, -0.15) is 0 Å². The highest BCUT2D eigenvalue weighted by atomic mass is 16.5. The molecule has 1 atom stereocenters. The van der Waals surface area contributed by atoms with E-state index in [1.807, 2.05) is 0 Å². The lowest BCUT2D eigenvalue weighted by Crippen LogP contribution is -2.21. The molecule has 4 heteroatoms. The van der Waals surface area contributed by atoms with Gasteiger partial charge in [-0.05, 0) is 12.3 Å². The Hall–Kier alpha value is -0.610. The highest BCUT2D eigenvalue weighted by molar-refractivity contribution is 5.69. The average Bonchev–Trinajstić information content (AvgIpc) is 2.56. The number of carbonyl (C=O) groups excluding carboxylic acids is 1. The summed E-state index contributed by atoms with van der Waals surface area (Å²) in [4.78, 5) is 11.4. The van der Waals surface area contributed by atoms with E-state index in [2.05, 4.69) is 13.8 Å². The smallest absolute Gasteiger partial charge is 0.305 e. The van der Waals surface area contributed by atoms with E-state index in [-0.39, 0.29) is 19.2 Å². The number of ether oxygens (including phenoxy) is 1. The van der Waals surface area contributed by atoms with Crippen molar-refractivity contribution in [1.82, 2.24) is 0 Å². The van der Waals surface area contributed by atoms with Gasteiger partial charge in [0.1, 0.15) is 12.7 Å². The van der Waals surface area contributed by atoms with Crippen LogP contribution in [0.4, 0.5) is 0 Å². The number of aliphatic hydroxyl groups excluding tert-OH is 2. The quantitative estimate of drug-likeness (QED) is 0.299. The van der Waals surface area contributed by atoms with E-state index in [9.17, 15) is 4.79 Å². The molecule has 0 bridgehead atoms. The van der Waals surface area contributed by atoms with Gasteiger partial charge < -0.3 is 14.9 Å². The molecule has 0 aromatic carbocycles. The largest absolute Gasteiger partial charge is 0.463 e. The molecule has 0 heterocycles. The van der Waals surface area contributed by atoms with Crippen LogP contribution in [0.3, 0.4) is 0 Å². The molecule has 0 spiro atoms. The highest BCUT2D eigenvalue weighted by Gasteiger charge is 2.07. The van der Waals surface area contributed by atoms with Crippen LogP contribution in [-0.2, 0) is 9.53 Å². The Morgan fingerprint density at radius 3 is 1.75 bits per heavy atom. The first-order valence-corrected chi connectivity index (χ1v) is 10.0. The molecule has 0 unspecified atom stereocenters. The van der Waals surface area contributed by atoms with Crippen molar-refractivity contribution in [2.24, 2.45) is 5.92 Å². The Labute approximate surface area is 149 Å². The van der Waals surface area contributed by atoms with Gasteiger partial charge >= 0.3 is 5.97 Å². The Bertz CT molecular complexity index is 279. The molecule has 0 radical (unpaired) electrons. The van der Waals surface area contributed by atoms with Crippen molar-refractivity contribution in [2.45, 2.75) is 103 Å². The Kier molecular flexibility index (Phi) is 16.8. The summed E-state index contributed by atoms with van der Waals surface area (Å²) in [6.07, 6.45) is 14.7.